The highest BCUT2D eigenvalue weighted by Gasteiger charge is 2.11. The van der Waals surface area contributed by atoms with Gasteiger partial charge in [0.2, 0.25) is 0 Å². The predicted molar refractivity (Wildman–Crippen MR) is 65.2 cm³/mol. The van der Waals surface area contributed by atoms with E-state index in [1.54, 1.807) is 25.1 Å². The number of hydrogen-bond donors (Lipinski definition) is 2. The van der Waals surface area contributed by atoms with Crippen LogP contribution in [0.2, 0.25) is 0 Å². The molecule has 0 aliphatic rings. The summed E-state index contributed by atoms with van der Waals surface area (Å²) in [5.74, 6) is -3.23. The zero-order chi connectivity index (χ0) is 13.3. The first kappa shape index (κ1) is 12.3. The number of anilines is 3. The van der Waals surface area contributed by atoms with Crippen molar-refractivity contribution in [2.75, 3.05) is 11.1 Å². The lowest BCUT2D eigenvalue weighted by atomic mass is 10.1. The smallest absolute Gasteiger partial charge is 0.161 e. The van der Waals surface area contributed by atoms with E-state index in [0.29, 0.717) is 17.4 Å². The average Bonchev–Trinajstić information content (AvgIpc) is 2.32. The van der Waals surface area contributed by atoms with Crippen LogP contribution in [0, 0.1) is 24.4 Å². The van der Waals surface area contributed by atoms with Crippen LogP contribution in [0.1, 0.15) is 5.56 Å². The Morgan fingerprint density at radius 2 is 1.61 bits per heavy atom. The van der Waals surface area contributed by atoms with Crippen LogP contribution in [0.5, 0.6) is 0 Å². The van der Waals surface area contributed by atoms with Gasteiger partial charge in [0.1, 0.15) is 5.82 Å². The molecule has 2 aromatic rings. The third-order valence-electron chi connectivity index (χ3n) is 2.60. The maximum atomic E-state index is 13.4. The number of benzene rings is 2. The molecule has 0 heterocycles. The van der Waals surface area contributed by atoms with Gasteiger partial charge < -0.3 is 11.1 Å². The summed E-state index contributed by atoms with van der Waals surface area (Å²) < 4.78 is 39.2. The second-order valence-electron chi connectivity index (χ2n) is 3.91. The lowest BCUT2D eigenvalue weighted by molar-refractivity contribution is 0.496. The van der Waals surface area contributed by atoms with Crippen LogP contribution in [-0.2, 0) is 0 Å². The number of para-hydroxylation sites is 1. The molecule has 0 amide bonds. The summed E-state index contributed by atoms with van der Waals surface area (Å²) in [7, 11) is 0. The van der Waals surface area contributed by atoms with Crippen LogP contribution >= 0.6 is 0 Å². The highest BCUT2D eigenvalue weighted by atomic mass is 19.2. The lowest BCUT2D eigenvalue weighted by Gasteiger charge is -2.12. The van der Waals surface area contributed by atoms with Crippen molar-refractivity contribution in [1.82, 2.24) is 0 Å². The van der Waals surface area contributed by atoms with E-state index in [1.807, 2.05) is 0 Å². The topological polar surface area (TPSA) is 38.0 Å². The van der Waals surface area contributed by atoms with Crippen molar-refractivity contribution in [3.8, 4) is 0 Å². The highest BCUT2D eigenvalue weighted by molar-refractivity contribution is 5.75. The fraction of sp³-hybridized carbons (Fsp3) is 0.0769. The maximum Gasteiger partial charge on any atom is 0.161 e. The quantitative estimate of drug-likeness (QED) is 0.631. The molecule has 0 atom stereocenters. The molecule has 0 aliphatic carbocycles. The Balaban J connectivity index is 2.40. The van der Waals surface area contributed by atoms with E-state index in [-0.39, 0.29) is 5.69 Å². The lowest BCUT2D eigenvalue weighted by Crippen LogP contribution is -2.01. The number of aryl methyl sites for hydroxylation is 1. The molecule has 0 bridgehead atoms. The van der Waals surface area contributed by atoms with Gasteiger partial charge in [0.25, 0.3) is 0 Å². The zero-order valence-electron chi connectivity index (χ0n) is 9.60. The Morgan fingerprint density at radius 1 is 0.944 bits per heavy atom. The number of nitrogens with two attached hydrogens (primary N) is 1. The van der Waals surface area contributed by atoms with E-state index >= 15 is 0 Å². The Morgan fingerprint density at radius 3 is 2.33 bits per heavy atom. The SMILES string of the molecule is Cc1cccc(Nc2cc(F)c(F)cc2F)c1N. The average molecular weight is 252 g/mol. The first-order valence-corrected chi connectivity index (χ1v) is 5.25. The van der Waals surface area contributed by atoms with Crippen LogP contribution in [-0.4, -0.2) is 0 Å². The third kappa shape index (κ3) is 2.25. The van der Waals surface area contributed by atoms with E-state index in [2.05, 4.69) is 5.32 Å². The van der Waals surface area contributed by atoms with Crippen molar-refractivity contribution in [3.63, 3.8) is 0 Å². The second-order valence-corrected chi connectivity index (χ2v) is 3.91. The van der Waals surface area contributed by atoms with Gasteiger partial charge in [-0.3, -0.25) is 0 Å². The Hall–Kier alpha value is -2.17. The fourth-order valence-corrected chi connectivity index (χ4v) is 1.55. The number of hydrogen-bond acceptors (Lipinski definition) is 2. The Kier molecular flexibility index (Phi) is 3.14. The van der Waals surface area contributed by atoms with Gasteiger partial charge in [0, 0.05) is 12.1 Å². The molecule has 0 fully saturated rings. The highest BCUT2D eigenvalue weighted by Crippen LogP contribution is 2.28. The van der Waals surface area contributed by atoms with Gasteiger partial charge in [-0.05, 0) is 18.6 Å². The number of nitrogen functional groups attached to an aromatic ring is 1. The molecule has 5 heteroatoms. The summed E-state index contributed by atoms with van der Waals surface area (Å²) in [6, 6.07) is 6.40. The van der Waals surface area contributed by atoms with Crippen molar-refractivity contribution in [2.45, 2.75) is 6.92 Å². The normalized spacial score (nSPS) is 10.4. The molecule has 2 aromatic carbocycles. The van der Waals surface area contributed by atoms with Crippen LogP contribution in [0.25, 0.3) is 0 Å². The van der Waals surface area contributed by atoms with Crippen molar-refractivity contribution < 1.29 is 13.2 Å². The molecular weight excluding hydrogens is 241 g/mol. The zero-order valence-corrected chi connectivity index (χ0v) is 9.60. The maximum absolute atomic E-state index is 13.4. The van der Waals surface area contributed by atoms with Crippen LogP contribution < -0.4 is 11.1 Å². The summed E-state index contributed by atoms with van der Waals surface area (Å²) in [5, 5.41) is 2.64. The van der Waals surface area contributed by atoms with E-state index < -0.39 is 17.5 Å². The van der Waals surface area contributed by atoms with Crippen LogP contribution in [0.15, 0.2) is 30.3 Å². The summed E-state index contributed by atoms with van der Waals surface area (Å²) in [6.07, 6.45) is 0. The summed E-state index contributed by atoms with van der Waals surface area (Å²) in [6.45, 7) is 1.79. The van der Waals surface area contributed by atoms with Gasteiger partial charge >= 0.3 is 0 Å². The molecule has 18 heavy (non-hydrogen) atoms. The molecule has 0 unspecified atom stereocenters. The monoisotopic (exact) mass is 252 g/mol. The standard InChI is InChI=1S/C13H11F3N2/c1-7-3-2-4-11(13(7)17)18-12-6-9(15)8(14)5-10(12)16/h2-6,18H,17H2,1H3. The van der Waals surface area contributed by atoms with E-state index in [4.69, 9.17) is 5.73 Å². The van der Waals surface area contributed by atoms with E-state index in [1.165, 1.54) is 0 Å². The van der Waals surface area contributed by atoms with Gasteiger partial charge in [-0.2, -0.15) is 0 Å². The predicted octanol–water partition coefficient (Wildman–Crippen LogP) is 3.74. The van der Waals surface area contributed by atoms with Gasteiger partial charge in [-0.15, -0.1) is 0 Å². The number of halogens is 3. The summed E-state index contributed by atoms with van der Waals surface area (Å²) >= 11 is 0. The fourth-order valence-electron chi connectivity index (χ4n) is 1.55. The molecule has 3 N–H and O–H groups in total. The third-order valence-corrected chi connectivity index (χ3v) is 2.60. The van der Waals surface area contributed by atoms with E-state index in [9.17, 15) is 13.2 Å². The molecule has 0 saturated carbocycles. The van der Waals surface area contributed by atoms with Crippen molar-refractivity contribution >= 4 is 17.1 Å². The number of nitrogens with one attached hydrogen (secondary N) is 1. The van der Waals surface area contributed by atoms with Crippen molar-refractivity contribution in [3.05, 3.63) is 53.3 Å². The first-order chi connectivity index (χ1) is 8.49. The van der Waals surface area contributed by atoms with E-state index in [0.717, 1.165) is 11.6 Å². The summed E-state index contributed by atoms with van der Waals surface area (Å²) in [5.41, 5.74) is 7.32. The van der Waals surface area contributed by atoms with Crippen LogP contribution in [0.4, 0.5) is 30.2 Å². The molecule has 0 radical (unpaired) electrons. The van der Waals surface area contributed by atoms with Gasteiger partial charge in [-0.25, -0.2) is 13.2 Å². The molecule has 0 saturated heterocycles. The molecule has 0 aromatic heterocycles. The molecule has 94 valence electrons. The van der Waals surface area contributed by atoms with Gasteiger partial charge in [0.15, 0.2) is 11.6 Å². The van der Waals surface area contributed by atoms with Crippen molar-refractivity contribution in [1.29, 1.82) is 0 Å². The van der Waals surface area contributed by atoms with Gasteiger partial charge in [0.05, 0.1) is 17.1 Å². The largest absolute Gasteiger partial charge is 0.397 e. The molecule has 2 rings (SSSR count). The minimum atomic E-state index is -1.23. The molecule has 2 nitrogen and oxygen atoms in total. The minimum absolute atomic E-state index is 0.161. The van der Waals surface area contributed by atoms with Crippen LogP contribution in [0.3, 0.4) is 0 Å². The molecule has 0 aliphatic heterocycles. The number of rotatable bonds is 2. The van der Waals surface area contributed by atoms with Crippen molar-refractivity contribution in [2.24, 2.45) is 0 Å². The summed E-state index contributed by atoms with van der Waals surface area (Å²) in [4.78, 5) is 0. The second kappa shape index (κ2) is 4.60. The first-order valence-electron chi connectivity index (χ1n) is 5.25. The molecular formula is C13H11F3N2. The minimum Gasteiger partial charge on any atom is -0.397 e. The Bertz CT molecular complexity index is 597. The Labute approximate surface area is 102 Å². The van der Waals surface area contributed by atoms with Gasteiger partial charge in [-0.1, -0.05) is 12.1 Å². The molecule has 0 spiro atoms.